The maximum atomic E-state index is 15.5. The Morgan fingerprint density at radius 1 is 1.17 bits per heavy atom. The Morgan fingerprint density at radius 2 is 2.03 bits per heavy atom. The largest absolute Gasteiger partial charge is 0.396 e. The van der Waals surface area contributed by atoms with Gasteiger partial charge < -0.3 is 21.5 Å². The summed E-state index contributed by atoms with van der Waals surface area (Å²) in [5.74, 6) is 0.525. The molecule has 184 valence electrons. The lowest BCUT2D eigenvalue weighted by atomic mass is 9.87. The molecule has 1 unspecified atom stereocenters. The van der Waals surface area contributed by atoms with Gasteiger partial charge in [0.05, 0.1) is 11.8 Å². The highest BCUT2D eigenvalue weighted by Gasteiger charge is 2.23. The fraction of sp³-hybridized carbons (Fsp3) is 0.308. The second-order valence-electron chi connectivity index (χ2n) is 9.46. The molecular formula is C26H26FN7O2. The average Bonchev–Trinajstić information content (AvgIpc) is 3.13. The van der Waals surface area contributed by atoms with E-state index in [0.717, 1.165) is 27.9 Å². The van der Waals surface area contributed by atoms with Gasteiger partial charge in [0.1, 0.15) is 12.4 Å². The summed E-state index contributed by atoms with van der Waals surface area (Å²) < 4.78 is 17.1. The molecule has 3 aromatic heterocycles. The van der Waals surface area contributed by atoms with E-state index in [0.29, 0.717) is 60.4 Å². The van der Waals surface area contributed by atoms with Crippen LogP contribution in [0, 0.1) is 12.7 Å². The van der Waals surface area contributed by atoms with Gasteiger partial charge in [-0.15, -0.1) is 0 Å². The third-order valence-electron chi connectivity index (χ3n) is 7.11. The number of aromatic nitrogens is 4. The normalized spacial score (nSPS) is 17.3. The monoisotopic (exact) mass is 487 g/mol. The third kappa shape index (κ3) is 3.83. The highest BCUT2D eigenvalue weighted by molar-refractivity contribution is 5.98. The van der Waals surface area contributed by atoms with E-state index in [1.165, 1.54) is 0 Å². The average molecular weight is 488 g/mol. The number of hydrogen-bond donors (Lipinski definition) is 4. The first-order chi connectivity index (χ1) is 17.4. The zero-order valence-corrected chi connectivity index (χ0v) is 19.8. The number of aliphatic hydroxyl groups is 1. The zero-order valence-electron chi connectivity index (χ0n) is 19.8. The van der Waals surface area contributed by atoms with Crippen molar-refractivity contribution in [1.29, 1.82) is 0 Å². The Hall–Kier alpha value is -4.05. The van der Waals surface area contributed by atoms with Crippen molar-refractivity contribution in [3.8, 4) is 11.1 Å². The van der Waals surface area contributed by atoms with Gasteiger partial charge in [0.25, 0.3) is 0 Å². The number of aryl methyl sites for hydroxylation is 1. The minimum atomic E-state index is -0.512. The molecule has 4 aromatic rings. The van der Waals surface area contributed by atoms with Gasteiger partial charge in [0, 0.05) is 65.7 Å². The Labute approximate surface area is 206 Å². The van der Waals surface area contributed by atoms with E-state index >= 15 is 4.39 Å². The predicted octanol–water partition coefficient (Wildman–Crippen LogP) is 2.79. The topological polar surface area (TPSA) is 131 Å². The molecule has 0 radical (unpaired) electrons. The van der Waals surface area contributed by atoms with Crippen LogP contribution in [0.3, 0.4) is 0 Å². The Morgan fingerprint density at radius 3 is 2.89 bits per heavy atom. The van der Waals surface area contributed by atoms with Crippen molar-refractivity contribution in [1.82, 2.24) is 25.1 Å². The first-order valence-corrected chi connectivity index (χ1v) is 12.0. The molecule has 4 heterocycles. The van der Waals surface area contributed by atoms with Gasteiger partial charge in [-0.25, -0.2) is 9.37 Å². The Bertz CT molecular complexity index is 1530. The van der Waals surface area contributed by atoms with E-state index in [2.05, 4.69) is 25.7 Å². The standard InChI is InChI=1S/C26H26FN7O2/c1-13-17-9-16(35)2-3-21(17)30-10-19(13)18-6-14-7-22(31-11-20(14)26(28)25(18)27)32-23-8-15-4-5-29-24(36)12-34(15)33-23/h6-8,10-11,16,35H,2-5,9,12,28H2,1H3,(H,29,36)(H,31,32,33). The summed E-state index contributed by atoms with van der Waals surface area (Å²) in [5.41, 5.74) is 11.1. The summed E-state index contributed by atoms with van der Waals surface area (Å²) in [6, 6.07) is 5.46. The highest BCUT2D eigenvalue weighted by Crippen LogP contribution is 2.37. The van der Waals surface area contributed by atoms with Crippen LogP contribution in [0.4, 0.5) is 21.7 Å². The number of amides is 1. The second kappa shape index (κ2) is 8.56. The SMILES string of the molecule is Cc1c(-c2cc3cc(Nc4cc5n(n4)CC(=O)NCC5)ncc3c(N)c2F)cnc2c1CC(O)CC2. The van der Waals surface area contributed by atoms with E-state index in [9.17, 15) is 9.90 Å². The predicted molar refractivity (Wildman–Crippen MR) is 134 cm³/mol. The number of halogens is 1. The van der Waals surface area contributed by atoms with Crippen molar-refractivity contribution in [3.63, 3.8) is 0 Å². The summed E-state index contributed by atoms with van der Waals surface area (Å²) in [5, 5.41) is 21.9. The van der Waals surface area contributed by atoms with E-state index in [1.807, 2.05) is 13.0 Å². The van der Waals surface area contributed by atoms with Crippen molar-refractivity contribution >= 4 is 34.0 Å². The molecule has 9 nitrogen and oxygen atoms in total. The number of hydrogen-bond acceptors (Lipinski definition) is 7. The molecule has 2 aliphatic rings. The van der Waals surface area contributed by atoms with Crippen molar-refractivity contribution in [2.45, 2.75) is 45.3 Å². The van der Waals surface area contributed by atoms with Crippen LogP contribution in [0.2, 0.25) is 0 Å². The van der Waals surface area contributed by atoms with Crippen molar-refractivity contribution < 1.29 is 14.3 Å². The van der Waals surface area contributed by atoms with Crippen LogP contribution in [-0.4, -0.2) is 43.4 Å². The number of nitrogens with two attached hydrogens (primary N) is 1. The van der Waals surface area contributed by atoms with E-state index in [1.54, 1.807) is 29.2 Å². The van der Waals surface area contributed by atoms with E-state index < -0.39 is 11.9 Å². The van der Waals surface area contributed by atoms with Crippen LogP contribution in [-0.2, 0) is 30.6 Å². The molecule has 1 aromatic carbocycles. The van der Waals surface area contributed by atoms with Gasteiger partial charge in [-0.1, -0.05) is 0 Å². The van der Waals surface area contributed by atoms with Crippen LogP contribution in [0.25, 0.3) is 21.9 Å². The first-order valence-electron chi connectivity index (χ1n) is 12.0. The maximum Gasteiger partial charge on any atom is 0.241 e. The number of rotatable bonds is 3. The molecule has 0 saturated heterocycles. The number of carbonyl (C=O) groups excluding carboxylic acids is 1. The number of pyridine rings is 2. The minimum Gasteiger partial charge on any atom is -0.396 e. The Balaban J connectivity index is 1.38. The lowest BCUT2D eigenvalue weighted by Gasteiger charge is -2.23. The molecule has 1 aliphatic carbocycles. The van der Waals surface area contributed by atoms with E-state index in [-0.39, 0.29) is 18.1 Å². The van der Waals surface area contributed by atoms with Crippen LogP contribution in [0.15, 0.2) is 30.6 Å². The van der Waals surface area contributed by atoms with Crippen LogP contribution in [0.5, 0.6) is 0 Å². The van der Waals surface area contributed by atoms with Gasteiger partial charge in [0.2, 0.25) is 5.91 Å². The molecular weight excluding hydrogens is 461 g/mol. The summed E-state index contributed by atoms with van der Waals surface area (Å²) in [4.78, 5) is 20.8. The van der Waals surface area contributed by atoms with Gasteiger partial charge in [-0.05, 0) is 48.4 Å². The highest BCUT2D eigenvalue weighted by atomic mass is 19.1. The molecule has 0 spiro atoms. The van der Waals surface area contributed by atoms with E-state index in [4.69, 9.17) is 5.73 Å². The first kappa shape index (κ1) is 22.4. The summed E-state index contributed by atoms with van der Waals surface area (Å²) >= 11 is 0. The van der Waals surface area contributed by atoms with Crippen molar-refractivity contribution in [2.75, 3.05) is 17.6 Å². The molecule has 36 heavy (non-hydrogen) atoms. The fourth-order valence-electron chi connectivity index (χ4n) is 5.16. The number of fused-ring (bicyclic) bond motifs is 3. The smallest absolute Gasteiger partial charge is 0.241 e. The summed E-state index contributed by atoms with van der Waals surface area (Å²) in [7, 11) is 0. The van der Waals surface area contributed by atoms with Gasteiger partial charge in [-0.2, -0.15) is 5.10 Å². The number of nitrogen functional groups attached to an aromatic ring is 1. The van der Waals surface area contributed by atoms with Gasteiger partial charge >= 0.3 is 0 Å². The molecule has 6 rings (SSSR count). The van der Waals surface area contributed by atoms with Crippen molar-refractivity contribution in [3.05, 3.63) is 58.9 Å². The number of carbonyl (C=O) groups is 1. The number of aliphatic hydroxyl groups excluding tert-OH is 1. The van der Waals surface area contributed by atoms with Crippen molar-refractivity contribution in [2.24, 2.45) is 0 Å². The molecule has 1 amide bonds. The molecule has 1 aliphatic heterocycles. The molecule has 0 bridgehead atoms. The van der Waals surface area contributed by atoms with Gasteiger partial charge in [-0.3, -0.25) is 14.5 Å². The molecule has 1 atom stereocenters. The minimum absolute atomic E-state index is 0.0263. The third-order valence-corrected chi connectivity index (χ3v) is 7.11. The maximum absolute atomic E-state index is 15.5. The number of nitrogens with one attached hydrogen (secondary N) is 2. The molecule has 0 saturated carbocycles. The van der Waals surface area contributed by atoms with Crippen LogP contribution in [0.1, 0.15) is 28.9 Å². The summed E-state index contributed by atoms with van der Waals surface area (Å²) in [6.45, 7) is 2.69. The van der Waals surface area contributed by atoms with Gasteiger partial charge in [0.15, 0.2) is 11.6 Å². The van der Waals surface area contributed by atoms with Crippen LogP contribution < -0.4 is 16.4 Å². The quantitative estimate of drug-likeness (QED) is 0.327. The Kier molecular flexibility index (Phi) is 5.33. The lowest BCUT2D eigenvalue weighted by molar-refractivity contribution is -0.121. The fourth-order valence-corrected chi connectivity index (χ4v) is 5.16. The second-order valence-corrected chi connectivity index (χ2v) is 9.46. The number of nitrogens with zero attached hydrogens (tertiary/aromatic N) is 4. The molecule has 10 heteroatoms. The molecule has 0 fully saturated rings. The lowest BCUT2D eigenvalue weighted by Crippen LogP contribution is -2.25. The zero-order chi connectivity index (χ0) is 25.0. The number of anilines is 3. The number of benzene rings is 1. The molecule has 5 N–H and O–H groups in total. The summed E-state index contributed by atoms with van der Waals surface area (Å²) in [6.07, 6.45) is 5.44. The van der Waals surface area contributed by atoms with Crippen LogP contribution >= 0.6 is 0 Å².